The Hall–Kier alpha value is -2.47. The van der Waals surface area contributed by atoms with E-state index in [4.69, 9.17) is 5.11 Å². The number of carboxylic acid groups (broad SMARTS) is 1. The Morgan fingerprint density at radius 2 is 1.85 bits per heavy atom. The van der Waals surface area contributed by atoms with Crippen molar-refractivity contribution in [1.82, 2.24) is 10.2 Å². The SMILES string of the molecule is O=C(O)c1ccc(CNC(=O)N2CCC(CSc3ccccc3)C2)cc1. The zero-order valence-corrected chi connectivity index (χ0v) is 15.2. The molecule has 1 unspecified atom stereocenters. The van der Waals surface area contributed by atoms with Gasteiger partial charge in [0.1, 0.15) is 0 Å². The predicted octanol–water partition coefficient (Wildman–Crippen LogP) is 3.71. The molecule has 2 aromatic rings. The molecule has 0 aliphatic carbocycles. The number of hydrogen-bond donors (Lipinski definition) is 2. The third kappa shape index (κ3) is 5.02. The molecule has 1 aliphatic heterocycles. The molecule has 2 aromatic carbocycles. The van der Waals surface area contributed by atoms with Gasteiger partial charge in [-0.3, -0.25) is 0 Å². The Labute approximate surface area is 157 Å². The van der Waals surface area contributed by atoms with Crippen molar-refractivity contribution in [1.29, 1.82) is 0 Å². The standard InChI is InChI=1S/C20H22N2O3S/c23-19(24)17-8-6-15(7-9-17)12-21-20(25)22-11-10-16(13-22)14-26-18-4-2-1-3-5-18/h1-9,16H,10-14H2,(H,21,25)(H,23,24). The van der Waals surface area contributed by atoms with E-state index in [1.807, 2.05) is 34.9 Å². The molecule has 0 spiro atoms. The lowest BCUT2D eigenvalue weighted by molar-refractivity contribution is 0.0697. The van der Waals surface area contributed by atoms with Crippen molar-refractivity contribution < 1.29 is 14.7 Å². The number of carbonyl (C=O) groups excluding carboxylic acids is 1. The van der Waals surface area contributed by atoms with Crippen LogP contribution in [0.3, 0.4) is 0 Å². The van der Waals surface area contributed by atoms with Crippen LogP contribution in [0.1, 0.15) is 22.3 Å². The highest BCUT2D eigenvalue weighted by Gasteiger charge is 2.26. The molecule has 5 nitrogen and oxygen atoms in total. The molecule has 0 saturated carbocycles. The van der Waals surface area contributed by atoms with Gasteiger partial charge in [0, 0.05) is 30.3 Å². The molecular weight excluding hydrogens is 348 g/mol. The van der Waals surface area contributed by atoms with Gasteiger partial charge in [0.15, 0.2) is 0 Å². The maximum atomic E-state index is 12.3. The Morgan fingerprint density at radius 1 is 1.12 bits per heavy atom. The van der Waals surface area contributed by atoms with Gasteiger partial charge in [-0.25, -0.2) is 9.59 Å². The molecule has 6 heteroatoms. The molecule has 1 atom stereocenters. The third-order valence-electron chi connectivity index (χ3n) is 4.45. The van der Waals surface area contributed by atoms with Crippen molar-refractivity contribution in [3.8, 4) is 0 Å². The lowest BCUT2D eigenvalue weighted by atomic mass is 10.1. The minimum atomic E-state index is -0.947. The van der Waals surface area contributed by atoms with E-state index in [1.54, 1.807) is 24.3 Å². The summed E-state index contributed by atoms with van der Waals surface area (Å²) in [6.45, 7) is 1.96. The van der Waals surface area contributed by atoms with Crippen LogP contribution in [0.15, 0.2) is 59.5 Å². The molecule has 0 bridgehead atoms. The summed E-state index contributed by atoms with van der Waals surface area (Å²) in [5.41, 5.74) is 1.14. The van der Waals surface area contributed by atoms with E-state index in [2.05, 4.69) is 17.4 Å². The molecule has 1 fully saturated rings. The topological polar surface area (TPSA) is 69.6 Å². The molecule has 1 aliphatic rings. The van der Waals surface area contributed by atoms with E-state index in [0.717, 1.165) is 30.8 Å². The van der Waals surface area contributed by atoms with E-state index < -0.39 is 5.97 Å². The van der Waals surface area contributed by atoms with Crippen LogP contribution in [0.2, 0.25) is 0 Å². The zero-order chi connectivity index (χ0) is 18.4. The van der Waals surface area contributed by atoms with Crippen LogP contribution in [-0.2, 0) is 6.54 Å². The number of likely N-dealkylation sites (tertiary alicyclic amines) is 1. The molecule has 26 heavy (non-hydrogen) atoms. The summed E-state index contributed by atoms with van der Waals surface area (Å²) >= 11 is 1.84. The van der Waals surface area contributed by atoms with Gasteiger partial charge in [-0.1, -0.05) is 30.3 Å². The number of nitrogens with zero attached hydrogens (tertiary/aromatic N) is 1. The van der Waals surface area contributed by atoms with Crippen LogP contribution in [0, 0.1) is 5.92 Å². The summed E-state index contributed by atoms with van der Waals surface area (Å²) < 4.78 is 0. The minimum absolute atomic E-state index is 0.0560. The van der Waals surface area contributed by atoms with Crippen molar-refractivity contribution in [3.63, 3.8) is 0 Å². The van der Waals surface area contributed by atoms with Gasteiger partial charge < -0.3 is 15.3 Å². The van der Waals surface area contributed by atoms with Gasteiger partial charge in [-0.2, -0.15) is 0 Å². The molecule has 1 saturated heterocycles. The maximum absolute atomic E-state index is 12.3. The third-order valence-corrected chi connectivity index (χ3v) is 5.69. The van der Waals surface area contributed by atoms with Crippen LogP contribution in [-0.4, -0.2) is 40.8 Å². The monoisotopic (exact) mass is 370 g/mol. The van der Waals surface area contributed by atoms with Gasteiger partial charge in [-0.05, 0) is 42.2 Å². The van der Waals surface area contributed by atoms with Gasteiger partial charge in [0.05, 0.1) is 5.56 Å². The van der Waals surface area contributed by atoms with Gasteiger partial charge in [-0.15, -0.1) is 11.8 Å². The van der Waals surface area contributed by atoms with Crippen molar-refractivity contribution in [2.24, 2.45) is 5.92 Å². The average molecular weight is 370 g/mol. The van der Waals surface area contributed by atoms with Gasteiger partial charge in [0.2, 0.25) is 0 Å². The molecule has 0 radical (unpaired) electrons. The Bertz CT molecular complexity index is 749. The van der Waals surface area contributed by atoms with Crippen molar-refractivity contribution >= 4 is 23.8 Å². The number of carboxylic acids is 1. The molecule has 3 rings (SSSR count). The number of urea groups is 1. The molecule has 2 N–H and O–H groups in total. The summed E-state index contributed by atoms with van der Waals surface area (Å²) in [4.78, 5) is 26.3. The lowest BCUT2D eigenvalue weighted by Crippen LogP contribution is -2.38. The normalized spacial score (nSPS) is 16.5. The van der Waals surface area contributed by atoms with Crippen LogP contribution >= 0.6 is 11.8 Å². The number of benzene rings is 2. The van der Waals surface area contributed by atoms with Crippen LogP contribution < -0.4 is 5.32 Å². The summed E-state index contributed by atoms with van der Waals surface area (Å²) in [6, 6.07) is 16.8. The van der Waals surface area contributed by atoms with E-state index in [-0.39, 0.29) is 11.6 Å². The summed E-state index contributed by atoms with van der Waals surface area (Å²) in [5.74, 6) is 0.586. The van der Waals surface area contributed by atoms with Crippen LogP contribution in [0.5, 0.6) is 0 Å². The first kappa shape index (κ1) is 18.3. The number of hydrogen-bond acceptors (Lipinski definition) is 3. The summed E-state index contributed by atoms with van der Waals surface area (Å²) in [5, 5.41) is 11.8. The van der Waals surface area contributed by atoms with Crippen molar-refractivity contribution in [2.45, 2.75) is 17.9 Å². The lowest BCUT2D eigenvalue weighted by Gasteiger charge is -2.17. The number of amides is 2. The fraction of sp³-hybridized carbons (Fsp3) is 0.300. The van der Waals surface area contributed by atoms with E-state index in [0.29, 0.717) is 12.5 Å². The van der Waals surface area contributed by atoms with Gasteiger partial charge >= 0.3 is 12.0 Å². The second-order valence-corrected chi connectivity index (χ2v) is 7.48. The van der Waals surface area contributed by atoms with Crippen molar-refractivity contribution in [3.05, 3.63) is 65.7 Å². The highest BCUT2D eigenvalue weighted by atomic mass is 32.2. The van der Waals surface area contributed by atoms with Crippen molar-refractivity contribution in [2.75, 3.05) is 18.8 Å². The van der Waals surface area contributed by atoms with Crippen LogP contribution in [0.25, 0.3) is 0 Å². The highest BCUT2D eigenvalue weighted by Crippen LogP contribution is 2.25. The fourth-order valence-corrected chi connectivity index (χ4v) is 3.99. The Kier molecular flexibility index (Phi) is 6.17. The number of nitrogens with one attached hydrogen (secondary N) is 1. The highest BCUT2D eigenvalue weighted by molar-refractivity contribution is 7.99. The number of rotatable bonds is 6. The minimum Gasteiger partial charge on any atom is -0.478 e. The fourth-order valence-electron chi connectivity index (χ4n) is 2.94. The maximum Gasteiger partial charge on any atom is 0.335 e. The molecular formula is C20H22N2O3S. The molecule has 2 amide bonds. The first-order valence-corrected chi connectivity index (χ1v) is 9.63. The predicted molar refractivity (Wildman–Crippen MR) is 102 cm³/mol. The quantitative estimate of drug-likeness (QED) is 0.761. The molecule has 1 heterocycles. The Balaban J connectivity index is 1.42. The Morgan fingerprint density at radius 3 is 2.54 bits per heavy atom. The second kappa shape index (κ2) is 8.76. The zero-order valence-electron chi connectivity index (χ0n) is 14.4. The molecule has 136 valence electrons. The summed E-state index contributed by atoms with van der Waals surface area (Å²) in [6.07, 6.45) is 1.03. The summed E-state index contributed by atoms with van der Waals surface area (Å²) in [7, 11) is 0. The van der Waals surface area contributed by atoms with E-state index in [1.165, 1.54) is 4.90 Å². The second-order valence-electron chi connectivity index (χ2n) is 6.39. The number of carbonyl (C=O) groups is 2. The van der Waals surface area contributed by atoms with E-state index >= 15 is 0 Å². The average Bonchev–Trinajstić information content (AvgIpc) is 3.15. The number of thioether (sulfide) groups is 1. The van der Waals surface area contributed by atoms with Gasteiger partial charge in [0.25, 0.3) is 0 Å². The van der Waals surface area contributed by atoms with E-state index in [9.17, 15) is 9.59 Å². The molecule has 0 aromatic heterocycles. The number of aromatic carboxylic acids is 1. The first-order chi connectivity index (χ1) is 12.6. The first-order valence-electron chi connectivity index (χ1n) is 8.64. The smallest absolute Gasteiger partial charge is 0.335 e. The van der Waals surface area contributed by atoms with Crippen LogP contribution in [0.4, 0.5) is 4.79 Å². The largest absolute Gasteiger partial charge is 0.478 e.